The van der Waals surface area contributed by atoms with Crippen LogP contribution in [0.3, 0.4) is 0 Å². The van der Waals surface area contributed by atoms with Gasteiger partial charge in [-0.25, -0.2) is 10.8 Å². The minimum atomic E-state index is 0.0883. The number of allylic oxidation sites excluding steroid dienone is 3. The van der Waals surface area contributed by atoms with Crippen LogP contribution in [0.25, 0.3) is 11.3 Å². The van der Waals surface area contributed by atoms with Gasteiger partial charge in [0.1, 0.15) is 5.82 Å². The van der Waals surface area contributed by atoms with E-state index < -0.39 is 0 Å². The highest BCUT2D eigenvalue weighted by atomic mass is 16.2. The molecule has 1 fully saturated rings. The van der Waals surface area contributed by atoms with Crippen LogP contribution in [0, 0.1) is 26.7 Å². The molecule has 0 spiro atoms. The van der Waals surface area contributed by atoms with Gasteiger partial charge in [0.2, 0.25) is 0 Å². The summed E-state index contributed by atoms with van der Waals surface area (Å²) in [5, 5.41) is 1.53. The molecule has 6 nitrogen and oxygen atoms in total. The Labute approximate surface area is 177 Å². The van der Waals surface area contributed by atoms with Gasteiger partial charge in [0.05, 0.1) is 5.69 Å². The third-order valence-electron chi connectivity index (χ3n) is 6.09. The van der Waals surface area contributed by atoms with E-state index in [9.17, 15) is 4.79 Å². The van der Waals surface area contributed by atoms with Crippen LogP contribution in [0.1, 0.15) is 40.3 Å². The van der Waals surface area contributed by atoms with Gasteiger partial charge in [0.25, 0.3) is 5.91 Å². The lowest BCUT2D eigenvalue weighted by Crippen LogP contribution is -2.39. The maximum atomic E-state index is 13.2. The molecule has 2 aliphatic heterocycles. The van der Waals surface area contributed by atoms with Crippen molar-refractivity contribution in [1.82, 2.24) is 19.9 Å². The van der Waals surface area contributed by atoms with Gasteiger partial charge >= 0.3 is 0 Å². The van der Waals surface area contributed by atoms with E-state index in [2.05, 4.69) is 29.5 Å². The van der Waals surface area contributed by atoms with Crippen molar-refractivity contribution in [2.45, 2.75) is 33.6 Å². The van der Waals surface area contributed by atoms with Crippen LogP contribution in [0.2, 0.25) is 0 Å². The first-order chi connectivity index (χ1) is 14.3. The molecular weight excluding hydrogens is 374 g/mol. The topological polar surface area (TPSA) is 78.2 Å². The fourth-order valence-corrected chi connectivity index (χ4v) is 4.31. The smallest absolute Gasteiger partial charge is 0.253 e. The molecule has 3 heterocycles. The van der Waals surface area contributed by atoms with Crippen LogP contribution < -0.4 is 5.84 Å². The maximum absolute atomic E-state index is 13.2. The van der Waals surface area contributed by atoms with Crippen LogP contribution in [0.5, 0.6) is 0 Å². The van der Waals surface area contributed by atoms with Gasteiger partial charge in [0, 0.05) is 41.8 Å². The lowest BCUT2D eigenvalue weighted by molar-refractivity contribution is 0.0703. The zero-order valence-corrected chi connectivity index (χ0v) is 17.9. The largest absolute Gasteiger partial charge is 0.346 e. The number of benzene rings is 1. The van der Waals surface area contributed by atoms with Gasteiger partial charge in [-0.15, -0.1) is 0 Å². The van der Waals surface area contributed by atoms with Crippen molar-refractivity contribution in [2.24, 2.45) is 11.8 Å². The molecule has 0 aliphatic carbocycles. The molecule has 2 aliphatic rings. The van der Waals surface area contributed by atoms with Gasteiger partial charge in [-0.3, -0.25) is 9.80 Å². The summed E-state index contributed by atoms with van der Waals surface area (Å²) in [5.74, 6) is 7.21. The number of hydrogen-bond donors (Lipinski definition) is 2. The lowest BCUT2D eigenvalue weighted by atomic mass is 9.87. The number of aromatic nitrogens is 2. The van der Waals surface area contributed by atoms with Gasteiger partial charge < -0.3 is 9.88 Å². The first-order valence-electron chi connectivity index (χ1n) is 10.4. The monoisotopic (exact) mass is 403 g/mol. The fraction of sp³-hybridized carbons (Fsp3) is 0.333. The van der Waals surface area contributed by atoms with Gasteiger partial charge in [-0.2, -0.15) is 0 Å². The number of nitrogens with one attached hydrogen (secondary N) is 1. The predicted molar refractivity (Wildman–Crippen MR) is 119 cm³/mol. The van der Waals surface area contributed by atoms with Crippen molar-refractivity contribution in [3.63, 3.8) is 0 Å². The van der Waals surface area contributed by atoms with E-state index in [1.54, 1.807) is 0 Å². The number of aromatic amines is 1. The highest BCUT2D eigenvalue weighted by Crippen LogP contribution is 2.30. The average Bonchev–Trinajstić information content (AvgIpc) is 3.08. The Morgan fingerprint density at radius 1 is 1.23 bits per heavy atom. The Morgan fingerprint density at radius 2 is 1.97 bits per heavy atom. The second-order valence-corrected chi connectivity index (χ2v) is 8.25. The molecule has 30 heavy (non-hydrogen) atoms. The average molecular weight is 404 g/mol. The second-order valence-electron chi connectivity index (χ2n) is 8.25. The van der Waals surface area contributed by atoms with Crippen LogP contribution in [-0.4, -0.2) is 38.9 Å². The molecule has 156 valence electrons. The molecule has 2 aromatic rings. The molecule has 1 saturated heterocycles. The number of aryl methyl sites for hydroxylation is 3. The Kier molecular flexibility index (Phi) is 5.35. The molecule has 0 unspecified atom stereocenters. The van der Waals surface area contributed by atoms with E-state index in [0.29, 0.717) is 5.92 Å². The summed E-state index contributed by atoms with van der Waals surface area (Å²) in [6.45, 7) is 11.5. The normalized spacial score (nSPS) is 17.5. The number of H-pyrrole nitrogens is 1. The summed E-state index contributed by atoms with van der Waals surface area (Å²) in [4.78, 5) is 23.0. The number of carbonyl (C=O) groups is 1. The first-order valence-corrected chi connectivity index (χ1v) is 10.4. The van der Waals surface area contributed by atoms with E-state index in [-0.39, 0.29) is 5.91 Å². The molecule has 1 aromatic carbocycles. The number of hydrazine groups is 1. The standard InChI is InChI=1S/C24H29N5O/c1-15-5-6-21(14-22(15)23-17(3)26-18(4)27-23)24(30)28-10-7-19(8-11-28)20-9-12-29(25)16(2)13-20/h5-6,9,12-14,19H,2,7-8,10-11,25H2,1,3-4H3,(H,26,27). The summed E-state index contributed by atoms with van der Waals surface area (Å²) in [6, 6.07) is 5.92. The fourth-order valence-electron chi connectivity index (χ4n) is 4.31. The molecule has 4 rings (SSSR count). The van der Waals surface area contributed by atoms with Crippen LogP contribution in [0.15, 0.2) is 54.4 Å². The third-order valence-corrected chi connectivity index (χ3v) is 6.09. The number of carbonyl (C=O) groups excluding carboxylic acids is 1. The van der Waals surface area contributed by atoms with Gasteiger partial charge in [-0.1, -0.05) is 12.6 Å². The van der Waals surface area contributed by atoms with Crippen LogP contribution >= 0.6 is 0 Å². The van der Waals surface area contributed by atoms with Crippen molar-refractivity contribution in [3.8, 4) is 11.3 Å². The zero-order chi connectivity index (χ0) is 21.4. The highest BCUT2D eigenvalue weighted by molar-refractivity contribution is 5.95. The van der Waals surface area contributed by atoms with Crippen molar-refractivity contribution in [3.05, 3.63) is 77.0 Å². The number of piperidine rings is 1. The molecule has 0 saturated carbocycles. The Hall–Kier alpha value is -3.12. The van der Waals surface area contributed by atoms with Gasteiger partial charge in [0.15, 0.2) is 0 Å². The second kappa shape index (κ2) is 7.95. The quantitative estimate of drug-likeness (QED) is 0.760. The number of nitrogens with two attached hydrogens (primary N) is 1. The molecule has 6 heteroatoms. The molecule has 1 aromatic heterocycles. The summed E-state index contributed by atoms with van der Waals surface area (Å²) in [7, 11) is 0. The van der Waals surface area contributed by atoms with Gasteiger partial charge in [-0.05, 0) is 75.0 Å². The van der Waals surface area contributed by atoms with E-state index in [1.165, 1.54) is 10.6 Å². The number of likely N-dealkylation sites (tertiary alicyclic amines) is 1. The third kappa shape index (κ3) is 3.83. The van der Waals surface area contributed by atoms with Crippen molar-refractivity contribution >= 4 is 5.91 Å². The summed E-state index contributed by atoms with van der Waals surface area (Å²) < 4.78 is 0. The van der Waals surface area contributed by atoms with E-state index >= 15 is 0 Å². The molecule has 0 atom stereocenters. The van der Waals surface area contributed by atoms with Crippen LogP contribution in [-0.2, 0) is 0 Å². The summed E-state index contributed by atoms with van der Waals surface area (Å²) in [5.41, 5.74) is 6.83. The van der Waals surface area contributed by atoms with Crippen LogP contribution in [0.4, 0.5) is 0 Å². The minimum Gasteiger partial charge on any atom is -0.346 e. The number of amides is 1. The molecule has 0 bridgehead atoms. The Morgan fingerprint density at radius 3 is 2.60 bits per heavy atom. The zero-order valence-electron chi connectivity index (χ0n) is 17.9. The lowest BCUT2D eigenvalue weighted by Gasteiger charge is -2.34. The maximum Gasteiger partial charge on any atom is 0.253 e. The number of nitrogens with zero attached hydrogens (tertiary/aromatic N) is 3. The first kappa shape index (κ1) is 20.2. The summed E-state index contributed by atoms with van der Waals surface area (Å²) >= 11 is 0. The molecular formula is C24H29N5O. The minimum absolute atomic E-state index is 0.0883. The van der Waals surface area contributed by atoms with Crippen molar-refractivity contribution < 1.29 is 4.79 Å². The molecule has 3 N–H and O–H groups in total. The summed E-state index contributed by atoms with van der Waals surface area (Å²) in [6.07, 6.45) is 7.83. The molecule has 1 amide bonds. The Bertz CT molecular complexity index is 1050. The number of hydrogen-bond acceptors (Lipinski definition) is 4. The number of rotatable bonds is 3. The van der Waals surface area contributed by atoms with E-state index in [1.807, 2.05) is 49.2 Å². The SMILES string of the molecule is C=C1C=C(C2CCN(C(=O)c3ccc(C)c(-c4nc(C)[nH]c4C)c3)CC2)C=CN1N. The Balaban J connectivity index is 1.48. The van der Waals surface area contributed by atoms with Crippen molar-refractivity contribution in [2.75, 3.05) is 13.1 Å². The highest BCUT2D eigenvalue weighted by Gasteiger charge is 2.26. The number of imidazole rings is 1. The van der Waals surface area contributed by atoms with E-state index in [0.717, 1.165) is 65.5 Å². The van der Waals surface area contributed by atoms with E-state index in [4.69, 9.17) is 5.84 Å². The molecule has 0 radical (unpaired) electrons. The predicted octanol–water partition coefficient (Wildman–Crippen LogP) is 4.00. The van der Waals surface area contributed by atoms with Crippen molar-refractivity contribution in [1.29, 1.82) is 0 Å².